The molecule has 8 nitrogen and oxygen atoms in total. The lowest BCUT2D eigenvalue weighted by Crippen LogP contribution is -2.33. The predicted octanol–water partition coefficient (Wildman–Crippen LogP) is 4.69. The van der Waals surface area contributed by atoms with Crippen LogP contribution in [0.15, 0.2) is 61.8 Å². The number of imidazole rings is 1. The molecule has 0 aromatic carbocycles. The lowest BCUT2D eigenvalue weighted by Gasteiger charge is -2.19. The lowest BCUT2D eigenvalue weighted by atomic mass is 10.1. The Morgan fingerprint density at radius 1 is 1.18 bits per heavy atom. The fraction of sp³-hybridized carbons (Fsp3) is 0.320. The van der Waals surface area contributed by atoms with E-state index in [-0.39, 0.29) is 6.03 Å². The SMILES string of the molecule is C=CNc1cc(NCc2cn3cc(C4CC4)cc(N4CC(=C)N(C5CC5)C4=O)c3n2)ccn1. The molecule has 0 unspecified atom stereocenters. The Labute approximate surface area is 192 Å². The highest BCUT2D eigenvalue weighted by Crippen LogP contribution is 2.43. The van der Waals surface area contributed by atoms with E-state index in [2.05, 4.69) is 51.6 Å². The second-order valence-electron chi connectivity index (χ2n) is 9.06. The van der Waals surface area contributed by atoms with Crippen molar-refractivity contribution in [1.29, 1.82) is 0 Å². The molecule has 0 radical (unpaired) electrons. The number of hydrogen-bond acceptors (Lipinski definition) is 5. The van der Waals surface area contributed by atoms with Gasteiger partial charge in [0.2, 0.25) is 0 Å². The van der Waals surface area contributed by atoms with E-state index < -0.39 is 0 Å². The van der Waals surface area contributed by atoms with E-state index in [9.17, 15) is 4.79 Å². The van der Waals surface area contributed by atoms with Gasteiger partial charge in [0, 0.05) is 42.1 Å². The number of amides is 2. The van der Waals surface area contributed by atoms with Crippen molar-refractivity contribution < 1.29 is 4.79 Å². The lowest BCUT2D eigenvalue weighted by molar-refractivity contribution is 0.225. The third-order valence-electron chi connectivity index (χ3n) is 6.46. The topological polar surface area (TPSA) is 77.8 Å². The molecule has 2 N–H and O–H groups in total. The summed E-state index contributed by atoms with van der Waals surface area (Å²) in [5.74, 6) is 1.31. The van der Waals surface area contributed by atoms with E-state index in [1.807, 2.05) is 21.9 Å². The Hall–Kier alpha value is -3.81. The smallest absolute Gasteiger partial charge is 0.329 e. The van der Waals surface area contributed by atoms with Gasteiger partial charge in [-0.2, -0.15) is 0 Å². The van der Waals surface area contributed by atoms with Crippen molar-refractivity contribution in [2.24, 2.45) is 0 Å². The van der Waals surface area contributed by atoms with Gasteiger partial charge in [-0.15, -0.1) is 0 Å². The zero-order valence-electron chi connectivity index (χ0n) is 18.5. The summed E-state index contributed by atoms with van der Waals surface area (Å²) in [4.78, 5) is 26.2. The van der Waals surface area contributed by atoms with Crippen LogP contribution in [0, 0.1) is 0 Å². The summed E-state index contributed by atoms with van der Waals surface area (Å²) in [7, 11) is 0. The number of nitrogens with zero attached hydrogens (tertiary/aromatic N) is 5. The Balaban J connectivity index is 1.31. The van der Waals surface area contributed by atoms with Crippen molar-refractivity contribution in [3.8, 4) is 0 Å². The van der Waals surface area contributed by atoms with Crippen LogP contribution in [0.2, 0.25) is 0 Å². The zero-order chi connectivity index (χ0) is 22.5. The summed E-state index contributed by atoms with van der Waals surface area (Å²) in [5.41, 5.74) is 5.68. The van der Waals surface area contributed by atoms with Crippen LogP contribution in [0.5, 0.6) is 0 Å². The maximum Gasteiger partial charge on any atom is 0.329 e. The number of hydrogen-bond donors (Lipinski definition) is 2. The van der Waals surface area contributed by atoms with Gasteiger partial charge in [0.1, 0.15) is 5.82 Å². The molecule has 0 bridgehead atoms. The summed E-state index contributed by atoms with van der Waals surface area (Å²) < 4.78 is 2.08. The average Bonchev–Trinajstić information content (AvgIpc) is 3.74. The van der Waals surface area contributed by atoms with Crippen LogP contribution in [-0.4, -0.2) is 37.9 Å². The highest BCUT2D eigenvalue weighted by atomic mass is 16.2. The first kappa shape index (κ1) is 19.8. The number of rotatable bonds is 8. The summed E-state index contributed by atoms with van der Waals surface area (Å²) in [6.45, 7) is 8.93. The zero-order valence-corrected chi connectivity index (χ0v) is 18.5. The highest BCUT2D eigenvalue weighted by molar-refractivity contribution is 6.00. The number of pyridine rings is 2. The minimum atomic E-state index is 0.0269. The first-order chi connectivity index (χ1) is 16.1. The number of aromatic nitrogens is 3. The van der Waals surface area contributed by atoms with E-state index in [1.165, 1.54) is 18.4 Å². The van der Waals surface area contributed by atoms with E-state index in [1.54, 1.807) is 12.4 Å². The number of carbonyl (C=O) groups is 1. The predicted molar refractivity (Wildman–Crippen MR) is 129 cm³/mol. The van der Waals surface area contributed by atoms with Crippen molar-refractivity contribution in [2.45, 2.75) is 44.2 Å². The van der Waals surface area contributed by atoms with Crippen LogP contribution >= 0.6 is 0 Å². The minimum Gasteiger partial charge on any atom is -0.379 e. The van der Waals surface area contributed by atoms with Gasteiger partial charge in [0.05, 0.1) is 24.5 Å². The molecule has 0 spiro atoms. The molecule has 2 amide bonds. The molecule has 3 aromatic rings. The van der Waals surface area contributed by atoms with Crippen LogP contribution in [-0.2, 0) is 6.54 Å². The van der Waals surface area contributed by atoms with Crippen LogP contribution in [0.25, 0.3) is 5.65 Å². The van der Waals surface area contributed by atoms with Crippen molar-refractivity contribution >= 4 is 28.9 Å². The van der Waals surface area contributed by atoms with Crippen molar-refractivity contribution in [1.82, 2.24) is 19.3 Å². The molecule has 3 aliphatic rings. The normalized spacial score (nSPS) is 18.3. The Morgan fingerprint density at radius 3 is 2.79 bits per heavy atom. The maximum absolute atomic E-state index is 13.3. The first-order valence-electron chi connectivity index (χ1n) is 11.5. The van der Waals surface area contributed by atoms with Crippen molar-refractivity contribution in [2.75, 3.05) is 22.1 Å². The minimum absolute atomic E-state index is 0.0269. The Kier molecular flexibility index (Phi) is 4.60. The molecule has 1 aliphatic heterocycles. The fourth-order valence-electron chi connectivity index (χ4n) is 4.52. The van der Waals surface area contributed by atoms with E-state index in [4.69, 9.17) is 4.98 Å². The number of anilines is 3. The van der Waals surface area contributed by atoms with Crippen LogP contribution in [0.4, 0.5) is 22.0 Å². The molecule has 2 aliphatic carbocycles. The third kappa shape index (κ3) is 3.71. The average molecular weight is 442 g/mol. The number of fused-ring (bicyclic) bond motifs is 1. The summed E-state index contributed by atoms with van der Waals surface area (Å²) in [6, 6.07) is 6.35. The summed E-state index contributed by atoms with van der Waals surface area (Å²) >= 11 is 0. The standard InChI is InChI=1S/C25H27N7O/c1-3-26-23-11-19(8-9-27-23)28-12-20-15-30-14-18(17-4-5-17)10-22(24(30)29-20)31-13-16(2)32(25(31)33)21-6-7-21/h3,8-11,14-15,17,21H,1-2,4-7,12-13H2,(H2,26,27,28). The van der Waals surface area contributed by atoms with Crippen molar-refractivity contribution in [3.05, 3.63) is 73.1 Å². The summed E-state index contributed by atoms with van der Waals surface area (Å²) in [5, 5.41) is 6.41. The van der Waals surface area contributed by atoms with Crippen molar-refractivity contribution in [3.63, 3.8) is 0 Å². The van der Waals surface area contributed by atoms with Gasteiger partial charge in [-0.05, 0) is 55.5 Å². The van der Waals surface area contributed by atoms with Crippen LogP contribution in [0.1, 0.15) is 42.9 Å². The van der Waals surface area contributed by atoms with Gasteiger partial charge in [-0.3, -0.25) is 9.80 Å². The quantitative estimate of drug-likeness (QED) is 0.530. The maximum atomic E-state index is 13.3. The molecule has 8 heteroatoms. The molecule has 4 heterocycles. The number of nitrogens with one attached hydrogen (secondary N) is 2. The molecule has 33 heavy (non-hydrogen) atoms. The van der Waals surface area contributed by atoms with E-state index >= 15 is 0 Å². The Morgan fingerprint density at radius 2 is 2.03 bits per heavy atom. The molecular formula is C25H27N7O. The second-order valence-corrected chi connectivity index (χ2v) is 9.06. The molecule has 6 rings (SSSR count). The molecule has 0 atom stereocenters. The molecular weight excluding hydrogens is 414 g/mol. The van der Waals surface area contributed by atoms with Crippen LogP contribution in [0.3, 0.4) is 0 Å². The molecule has 1 saturated heterocycles. The van der Waals surface area contributed by atoms with Crippen LogP contribution < -0.4 is 15.5 Å². The molecule has 3 fully saturated rings. The Bertz CT molecular complexity index is 1270. The highest BCUT2D eigenvalue weighted by Gasteiger charge is 2.43. The third-order valence-corrected chi connectivity index (χ3v) is 6.46. The van der Waals surface area contributed by atoms with Gasteiger partial charge in [0.15, 0.2) is 5.65 Å². The number of carbonyl (C=O) groups excluding carboxylic acids is 1. The molecule has 3 aromatic heterocycles. The fourth-order valence-corrected chi connectivity index (χ4v) is 4.52. The van der Waals surface area contributed by atoms with E-state index in [0.717, 1.165) is 47.1 Å². The molecule has 168 valence electrons. The number of urea groups is 1. The second kappa shape index (κ2) is 7.65. The molecule has 2 saturated carbocycles. The first-order valence-corrected chi connectivity index (χ1v) is 11.5. The van der Waals surface area contributed by atoms with Gasteiger partial charge in [-0.25, -0.2) is 14.8 Å². The van der Waals surface area contributed by atoms with E-state index in [0.29, 0.717) is 25.0 Å². The van der Waals surface area contributed by atoms with Gasteiger partial charge >= 0.3 is 6.03 Å². The summed E-state index contributed by atoms with van der Waals surface area (Å²) in [6.07, 6.45) is 12.1. The van der Waals surface area contributed by atoms with Gasteiger partial charge in [0.25, 0.3) is 0 Å². The largest absolute Gasteiger partial charge is 0.379 e. The van der Waals surface area contributed by atoms with Gasteiger partial charge in [-0.1, -0.05) is 13.2 Å². The van der Waals surface area contributed by atoms with Gasteiger partial charge < -0.3 is 15.0 Å². The monoisotopic (exact) mass is 441 g/mol.